The van der Waals surface area contributed by atoms with Gasteiger partial charge in [-0.2, -0.15) is 0 Å². The molecule has 3 N–H and O–H groups in total. The van der Waals surface area contributed by atoms with Crippen molar-refractivity contribution in [3.8, 4) is 0 Å². The van der Waals surface area contributed by atoms with Crippen LogP contribution in [0.15, 0.2) is 18.2 Å². The Labute approximate surface area is 120 Å². The number of hydrogen-bond acceptors (Lipinski definition) is 4. The Morgan fingerprint density at radius 1 is 1.50 bits per heavy atom. The molecular formula is C15H23N3O2. The molecule has 1 aliphatic rings. The summed E-state index contributed by atoms with van der Waals surface area (Å²) in [6.45, 7) is 3.10. The predicted molar refractivity (Wildman–Crippen MR) is 80.9 cm³/mol. The molecule has 1 aromatic carbocycles. The smallest absolute Gasteiger partial charge is 0.253 e. The van der Waals surface area contributed by atoms with Crippen LogP contribution in [-0.4, -0.2) is 49.2 Å². The first-order chi connectivity index (χ1) is 9.40. The third kappa shape index (κ3) is 2.88. The predicted octanol–water partition coefficient (Wildman–Crippen LogP) is 1.18. The van der Waals surface area contributed by atoms with E-state index in [0.717, 1.165) is 12.1 Å². The highest BCUT2D eigenvalue weighted by atomic mass is 16.3. The van der Waals surface area contributed by atoms with Gasteiger partial charge in [0.15, 0.2) is 0 Å². The minimum absolute atomic E-state index is 0.00911. The molecule has 0 aliphatic carbocycles. The Hall–Kier alpha value is -1.75. The van der Waals surface area contributed by atoms with Crippen LogP contribution in [0.3, 0.4) is 0 Å². The molecule has 1 amide bonds. The SMILES string of the molecule is CC(O)C1CCN(C(=O)c2ccc(N(C)C)c(N)c2)C1. The van der Waals surface area contributed by atoms with Crippen molar-refractivity contribution in [2.75, 3.05) is 37.8 Å². The van der Waals surface area contributed by atoms with Gasteiger partial charge in [0.25, 0.3) is 5.91 Å². The third-order valence-electron chi connectivity index (χ3n) is 3.95. The van der Waals surface area contributed by atoms with Crippen molar-refractivity contribution in [1.29, 1.82) is 0 Å². The second-order valence-corrected chi connectivity index (χ2v) is 5.71. The largest absolute Gasteiger partial charge is 0.397 e. The molecule has 2 unspecified atom stereocenters. The fourth-order valence-corrected chi connectivity index (χ4v) is 2.64. The van der Waals surface area contributed by atoms with Crippen LogP contribution in [-0.2, 0) is 0 Å². The quantitative estimate of drug-likeness (QED) is 0.814. The van der Waals surface area contributed by atoms with Gasteiger partial charge >= 0.3 is 0 Å². The summed E-state index contributed by atoms with van der Waals surface area (Å²) in [5, 5.41) is 9.60. The standard InChI is InChI=1S/C15H23N3O2/c1-10(19)12-6-7-18(9-12)15(20)11-4-5-14(17(2)3)13(16)8-11/h4-5,8,10,12,19H,6-7,9,16H2,1-3H3. The number of amides is 1. The number of likely N-dealkylation sites (tertiary alicyclic amines) is 1. The van der Waals surface area contributed by atoms with Crippen LogP contribution in [0.5, 0.6) is 0 Å². The maximum absolute atomic E-state index is 12.4. The first kappa shape index (κ1) is 14.7. The van der Waals surface area contributed by atoms with Crippen LogP contribution in [0, 0.1) is 5.92 Å². The van der Waals surface area contributed by atoms with E-state index < -0.39 is 0 Å². The minimum Gasteiger partial charge on any atom is -0.397 e. The average molecular weight is 277 g/mol. The monoisotopic (exact) mass is 277 g/mol. The highest BCUT2D eigenvalue weighted by Crippen LogP contribution is 2.25. The van der Waals surface area contributed by atoms with Crippen LogP contribution in [0.2, 0.25) is 0 Å². The van der Waals surface area contributed by atoms with Crippen LogP contribution in [0.4, 0.5) is 11.4 Å². The number of carbonyl (C=O) groups excluding carboxylic acids is 1. The van der Waals surface area contributed by atoms with Crippen molar-refractivity contribution >= 4 is 17.3 Å². The number of aliphatic hydroxyl groups excluding tert-OH is 1. The molecule has 0 radical (unpaired) electrons. The van der Waals surface area contributed by atoms with Gasteiger partial charge in [-0.05, 0) is 31.5 Å². The van der Waals surface area contributed by atoms with Gasteiger partial charge in [-0.15, -0.1) is 0 Å². The lowest BCUT2D eigenvalue weighted by atomic mass is 10.0. The van der Waals surface area contributed by atoms with E-state index in [4.69, 9.17) is 5.73 Å². The minimum atomic E-state index is -0.367. The zero-order valence-corrected chi connectivity index (χ0v) is 12.3. The lowest BCUT2D eigenvalue weighted by Crippen LogP contribution is -2.30. The number of benzene rings is 1. The zero-order valence-electron chi connectivity index (χ0n) is 12.3. The van der Waals surface area contributed by atoms with E-state index in [2.05, 4.69) is 0 Å². The summed E-state index contributed by atoms with van der Waals surface area (Å²) < 4.78 is 0. The van der Waals surface area contributed by atoms with Gasteiger partial charge in [0, 0.05) is 38.7 Å². The summed E-state index contributed by atoms with van der Waals surface area (Å²) in [7, 11) is 3.84. The molecule has 1 heterocycles. The van der Waals surface area contributed by atoms with E-state index >= 15 is 0 Å². The van der Waals surface area contributed by atoms with Crippen LogP contribution in [0.1, 0.15) is 23.7 Å². The highest BCUT2D eigenvalue weighted by molar-refractivity contribution is 5.96. The number of rotatable bonds is 3. The van der Waals surface area contributed by atoms with E-state index in [1.54, 1.807) is 17.9 Å². The fourth-order valence-electron chi connectivity index (χ4n) is 2.64. The normalized spacial score (nSPS) is 20.0. The highest BCUT2D eigenvalue weighted by Gasteiger charge is 2.29. The number of hydrogen-bond donors (Lipinski definition) is 2. The molecule has 110 valence electrons. The molecule has 0 bridgehead atoms. The molecule has 5 heteroatoms. The Balaban J connectivity index is 2.12. The molecule has 5 nitrogen and oxygen atoms in total. The average Bonchev–Trinajstić information content (AvgIpc) is 2.87. The number of nitrogens with two attached hydrogens (primary N) is 1. The lowest BCUT2D eigenvalue weighted by Gasteiger charge is -2.20. The van der Waals surface area contributed by atoms with Crippen molar-refractivity contribution in [3.63, 3.8) is 0 Å². The molecule has 2 rings (SSSR count). The fraction of sp³-hybridized carbons (Fsp3) is 0.533. The summed E-state index contributed by atoms with van der Waals surface area (Å²) in [5.41, 5.74) is 8.10. The number of nitrogens with zero attached hydrogens (tertiary/aromatic N) is 2. The van der Waals surface area contributed by atoms with Crippen LogP contribution in [0.25, 0.3) is 0 Å². The van der Waals surface area contributed by atoms with Crippen molar-refractivity contribution < 1.29 is 9.90 Å². The Morgan fingerprint density at radius 3 is 2.70 bits per heavy atom. The first-order valence-electron chi connectivity index (χ1n) is 6.94. The molecule has 1 fully saturated rings. The maximum atomic E-state index is 12.4. The van der Waals surface area contributed by atoms with Crippen LogP contribution >= 0.6 is 0 Å². The molecule has 1 aliphatic heterocycles. The Kier molecular flexibility index (Phi) is 4.18. The van der Waals surface area contributed by atoms with Crippen molar-refractivity contribution in [3.05, 3.63) is 23.8 Å². The summed E-state index contributed by atoms with van der Waals surface area (Å²) in [6, 6.07) is 5.40. The molecule has 1 saturated heterocycles. The summed E-state index contributed by atoms with van der Waals surface area (Å²) in [5.74, 6) is 0.169. The van der Waals surface area contributed by atoms with Gasteiger partial charge in [-0.25, -0.2) is 0 Å². The maximum Gasteiger partial charge on any atom is 0.253 e. The number of anilines is 2. The Morgan fingerprint density at radius 2 is 2.20 bits per heavy atom. The van der Waals surface area contributed by atoms with Gasteiger partial charge < -0.3 is 20.6 Å². The summed E-state index contributed by atoms with van der Waals surface area (Å²) in [4.78, 5) is 16.1. The zero-order chi connectivity index (χ0) is 14.9. The lowest BCUT2D eigenvalue weighted by molar-refractivity contribution is 0.0762. The summed E-state index contributed by atoms with van der Waals surface area (Å²) in [6.07, 6.45) is 0.489. The van der Waals surface area contributed by atoms with Gasteiger partial charge in [0.1, 0.15) is 0 Å². The van der Waals surface area contributed by atoms with Crippen molar-refractivity contribution in [1.82, 2.24) is 4.90 Å². The second kappa shape index (κ2) is 5.71. The van der Waals surface area contributed by atoms with E-state index in [1.807, 2.05) is 31.1 Å². The second-order valence-electron chi connectivity index (χ2n) is 5.71. The molecule has 2 atom stereocenters. The van der Waals surface area contributed by atoms with Crippen molar-refractivity contribution in [2.45, 2.75) is 19.4 Å². The molecular weight excluding hydrogens is 254 g/mol. The molecule has 0 aromatic heterocycles. The number of nitrogen functional groups attached to an aromatic ring is 1. The molecule has 20 heavy (non-hydrogen) atoms. The summed E-state index contributed by atoms with van der Waals surface area (Å²) >= 11 is 0. The van der Waals surface area contributed by atoms with Crippen molar-refractivity contribution in [2.24, 2.45) is 5.92 Å². The molecule has 0 saturated carbocycles. The van der Waals surface area contributed by atoms with E-state index in [0.29, 0.717) is 24.3 Å². The van der Waals surface area contributed by atoms with E-state index in [9.17, 15) is 9.90 Å². The van der Waals surface area contributed by atoms with Gasteiger partial charge in [-0.1, -0.05) is 0 Å². The number of aliphatic hydroxyl groups is 1. The molecule has 1 aromatic rings. The topological polar surface area (TPSA) is 69.8 Å². The van der Waals surface area contributed by atoms with E-state index in [1.165, 1.54) is 0 Å². The number of carbonyl (C=O) groups is 1. The first-order valence-corrected chi connectivity index (χ1v) is 6.94. The Bertz CT molecular complexity index is 500. The molecule has 0 spiro atoms. The van der Waals surface area contributed by atoms with Gasteiger partial charge in [0.05, 0.1) is 17.5 Å². The van der Waals surface area contributed by atoms with E-state index in [-0.39, 0.29) is 17.9 Å². The van der Waals surface area contributed by atoms with Gasteiger partial charge in [-0.3, -0.25) is 4.79 Å². The van der Waals surface area contributed by atoms with Crippen LogP contribution < -0.4 is 10.6 Å². The third-order valence-corrected chi connectivity index (χ3v) is 3.95. The van der Waals surface area contributed by atoms with Gasteiger partial charge in [0.2, 0.25) is 0 Å².